The van der Waals surface area contributed by atoms with E-state index in [9.17, 15) is 23.2 Å². The second-order valence-electron chi connectivity index (χ2n) is 7.18. The minimum absolute atomic E-state index is 0.0398. The number of alkyl halides is 2. The molecule has 3 rings (SSSR count). The fourth-order valence-corrected chi connectivity index (χ4v) is 3.84. The first kappa shape index (κ1) is 20.0. The Balaban J connectivity index is 1.65. The van der Waals surface area contributed by atoms with Crippen molar-refractivity contribution in [2.45, 2.75) is 51.2 Å². The summed E-state index contributed by atoms with van der Waals surface area (Å²) in [4.78, 5) is 38.4. The van der Waals surface area contributed by atoms with Crippen LogP contribution in [0.2, 0.25) is 0 Å². The van der Waals surface area contributed by atoms with Crippen LogP contribution in [0.15, 0.2) is 24.3 Å². The molecular formula is C19H23F2N3O4. The van der Waals surface area contributed by atoms with E-state index in [-0.39, 0.29) is 11.4 Å². The number of anilines is 1. The number of imide groups is 1. The number of nitrogens with one attached hydrogen (secondary N) is 2. The molecule has 4 amide bonds. The van der Waals surface area contributed by atoms with E-state index in [2.05, 4.69) is 22.3 Å². The Labute approximate surface area is 161 Å². The summed E-state index contributed by atoms with van der Waals surface area (Å²) in [7, 11) is 0. The molecule has 0 unspecified atom stereocenters. The number of urea groups is 1. The van der Waals surface area contributed by atoms with Crippen LogP contribution in [0.1, 0.15) is 39.0 Å². The van der Waals surface area contributed by atoms with Gasteiger partial charge in [-0.3, -0.25) is 14.5 Å². The number of carbonyl (C=O) groups excluding carboxylic acids is 3. The summed E-state index contributed by atoms with van der Waals surface area (Å²) in [5.41, 5.74) is -0.891. The number of ether oxygens (including phenoxy) is 1. The van der Waals surface area contributed by atoms with Crippen molar-refractivity contribution in [3.05, 3.63) is 24.3 Å². The van der Waals surface area contributed by atoms with Gasteiger partial charge in [-0.1, -0.05) is 25.5 Å². The van der Waals surface area contributed by atoms with Crippen LogP contribution in [0, 0.1) is 5.92 Å². The van der Waals surface area contributed by atoms with Gasteiger partial charge in [0, 0.05) is 0 Å². The lowest BCUT2D eigenvalue weighted by Gasteiger charge is -2.34. The molecule has 1 heterocycles. The van der Waals surface area contributed by atoms with Crippen LogP contribution >= 0.6 is 0 Å². The first-order valence-electron chi connectivity index (χ1n) is 9.32. The third kappa shape index (κ3) is 4.07. The Kier molecular flexibility index (Phi) is 5.81. The van der Waals surface area contributed by atoms with Crippen molar-refractivity contribution in [2.24, 2.45) is 5.92 Å². The van der Waals surface area contributed by atoms with Crippen molar-refractivity contribution in [2.75, 3.05) is 11.9 Å². The Hall–Kier alpha value is -2.71. The van der Waals surface area contributed by atoms with Crippen LogP contribution in [0.5, 0.6) is 5.75 Å². The van der Waals surface area contributed by atoms with Crippen LogP contribution in [0.4, 0.5) is 19.3 Å². The lowest BCUT2D eigenvalue weighted by molar-refractivity contribution is -0.135. The summed E-state index contributed by atoms with van der Waals surface area (Å²) >= 11 is 0. The third-order valence-corrected chi connectivity index (χ3v) is 5.46. The van der Waals surface area contributed by atoms with Crippen molar-refractivity contribution < 1.29 is 27.9 Å². The van der Waals surface area contributed by atoms with Crippen LogP contribution in [0.25, 0.3) is 0 Å². The van der Waals surface area contributed by atoms with Crippen molar-refractivity contribution in [3.63, 3.8) is 0 Å². The molecule has 0 aromatic heterocycles. The van der Waals surface area contributed by atoms with E-state index in [4.69, 9.17) is 0 Å². The van der Waals surface area contributed by atoms with Crippen molar-refractivity contribution in [1.82, 2.24) is 10.2 Å². The number of hydrogen-bond donors (Lipinski definition) is 2. The molecule has 2 aliphatic rings. The highest BCUT2D eigenvalue weighted by Crippen LogP contribution is 2.37. The number of halogens is 2. The molecular weight excluding hydrogens is 372 g/mol. The minimum atomic E-state index is -3.04. The zero-order chi connectivity index (χ0) is 20.3. The molecule has 1 spiro atoms. The molecule has 0 radical (unpaired) electrons. The highest BCUT2D eigenvalue weighted by molar-refractivity contribution is 6.10. The number of amides is 4. The highest BCUT2D eigenvalue weighted by Gasteiger charge is 2.52. The topological polar surface area (TPSA) is 87.7 Å². The first-order chi connectivity index (χ1) is 13.3. The summed E-state index contributed by atoms with van der Waals surface area (Å²) in [5.74, 6) is -0.733. The summed E-state index contributed by atoms with van der Waals surface area (Å²) in [6.45, 7) is -1.43. The van der Waals surface area contributed by atoms with E-state index in [1.165, 1.54) is 18.2 Å². The molecule has 1 saturated heterocycles. The van der Waals surface area contributed by atoms with Crippen molar-refractivity contribution in [1.29, 1.82) is 0 Å². The lowest BCUT2D eigenvalue weighted by atomic mass is 9.75. The quantitative estimate of drug-likeness (QED) is 0.725. The van der Waals surface area contributed by atoms with Gasteiger partial charge in [0.25, 0.3) is 5.91 Å². The van der Waals surface area contributed by atoms with E-state index in [1.807, 2.05) is 0 Å². The van der Waals surface area contributed by atoms with Crippen LogP contribution in [-0.2, 0) is 9.59 Å². The second-order valence-corrected chi connectivity index (χ2v) is 7.18. The number of carbonyl (C=O) groups is 3. The zero-order valence-corrected chi connectivity index (χ0v) is 15.5. The molecule has 7 nitrogen and oxygen atoms in total. The fraction of sp³-hybridized carbons (Fsp3) is 0.526. The summed E-state index contributed by atoms with van der Waals surface area (Å²) in [6, 6.07) is 5.11. The summed E-state index contributed by atoms with van der Waals surface area (Å²) in [5, 5.41) is 5.17. The van der Waals surface area contributed by atoms with E-state index in [0.717, 1.165) is 24.2 Å². The van der Waals surface area contributed by atoms with E-state index in [1.54, 1.807) is 6.07 Å². The number of rotatable bonds is 6. The van der Waals surface area contributed by atoms with Crippen LogP contribution in [-0.4, -0.2) is 41.4 Å². The van der Waals surface area contributed by atoms with Crippen LogP contribution < -0.4 is 15.4 Å². The molecule has 28 heavy (non-hydrogen) atoms. The van der Waals surface area contributed by atoms with Gasteiger partial charge < -0.3 is 15.4 Å². The molecule has 9 heteroatoms. The fourth-order valence-electron chi connectivity index (χ4n) is 3.84. The molecule has 152 valence electrons. The van der Waals surface area contributed by atoms with Gasteiger partial charge in [-0.05, 0) is 43.7 Å². The SMILES string of the molecule is CCC1CCC2(CC1)NC(=O)N(CC(=O)Nc1ccccc1OC(F)F)C2=O. The highest BCUT2D eigenvalue weighted by atomic mass is 19.3. The number of hydrogen-bond acceptors (Lipinski definition) is 4. The first-order valence-corrected chi connectivity index (χ1v) is 9.32. The number of benzene rings is 1. The molecule has 0 bridgehead atoms. The Morgan fingerprint density at radius 2 is 2.00 bits per heavy atom. The number of para-hydroxylation sites is 2. The van der Waals surface area contributed by atoms with E-state index < -0.39 is 36.5 Å². The molecule has 1 aliphatic carbocycles. The normalized spacial score (nSPS) is 24.6. The Morgan fingerprint density at radius 3 is 2.64 bits per heavy atom. The van der Waals surface area contributed by atoms with E-state index >= 15 is 0 Å². The van der Waals surface area contributed by atoms with Gasteiger partial charge in [-0.25, -0.2) is 4.79 Å². The molecule has 2 N–H and O–H groups in total. The summed E-state index contributed by atoms with van der Waals surface area (Å²) in [6.07, 6.45) is 3.84. The van der Waals surface area contributed by atoms with Gasteiger partial charge in [0.1, 0.15) is 17.8 Å². The number of nitrogens with zero attached hydrogens (tertiary/aromatic N) is 1. The maximum Gasteiger partial charge on any atom is 0.387 e. The predicted octanol–water partition coefficient (Wildman–Crippen LogP) is 3.12. The van der Waals surface area contributed by atoms with Crippen molar-refractivity contribution in [3.8, 4) is 5.75 Å². The Morgan fingerprint density at radius 1 is 1.32 bits per heavy atom. The maximum absolute atomic E-state index is 12.8. The Bertz CT molecular complexity index is 763. The maximum atomic E-state index is 12.8. The van der Waals surface area contributed by atoms with Crippen molar-refractivity contribution >= 4 is 23.5 Å². The smallest absolute Gasteiger partial charge is 0.387 e. The average Bonchev–Trinajstić information content (AvgIpc) is 2.88. The van der Waals surface area contributed by atoms with Gasteiger partial charge in [0.2, 0.25) is 5.91 Å². The van der Waals surface area contributed by atoms with Gasteiger partial charge in [0.05, 0.1) is 5.69 Å². The predicted molar refractivity (Wildman–Crippen MR) is 96.9 cm³/mol. The van der Waals surface area contributed by atoms with Gasteiger partial charge >= 0.3 is 12.6 Å². The molecule has 0 atom stereocenters. The molecule has 1 aromatic carbocycles. The molecule has 1 saturated carbocycles. The third-order valence-electron chi connectivity index (χ3n) is 5.46. The second kappa shape index (κ2) is 8.12. The lowest BCUT2D eigenvalue weighted by Crippen LogP contribution is -2.49. The zero-order valence-electron chi connectivity index (χ0n) is 15.5. The average molecular weight is 395 g/mol. The largest absolute Gasteiger partial charge is 0.433 e. The summed E-state index contributed by atoms with van der Waals surface area (Å²) < 4.78 is 29.3. The molecule has 1 aromatic rings. The van der Waals surface area contributed by atoms with Gasteiger partial charge in [0.15, 0.2) is 0 Å². The monoisotopic (exact) mass is 395 g/mol. The van der Waals surface area contributed by atoms with Gasteiger partial charge in [-0.15, -0.1) is 0 Å². The van der Waals surface area contributed by atoms with Gasteiger partial charge in [-0.2, -0.15) is 8.78 Å². The standard InChI is InChI=1S/C19H23F2N3O4/c1-2-12-7-9-19(10-8-12)16(26)24(18(27)23-19)11-15(25)22-13-5-3-4-6-14(13)28-17(20)21/h3-6,12,17H,2,7-11H2,1H3,(H,22,25)(H,23,27). The van der Waals surface area contributed by atoms with E-state index in [0.29, 0.717) is 18.8 Å². The van der Waals surface area contributed by atoms with Crippen LogP contribution in [0.3, 0.4) is 0 Å². The molecule has 2 fully saturated rings. The minimum Gasteiger partial charge on any atom is -0.433 e. The molecule has 1 aliphatic heterocycles.